The monoisotopic (exact) mass is 276 g/mol. The molecule has 0 heterocycles. The Labute approximate surface area is 103 Å². The molecular formula is C9H16ClF3N2O2. The smallest absolute Gasteiger partial charge is 0.401 e. The first-order valence-electron chi connectivity index (χ1n) is 4.95. The first-order chi connectivity index (χ1) is 7.80. The van der Waals surface area contributed by atoms with Crippen LogP contribution in [0.25, 0.3) is 0 Å². The zero-order valence-corrected chi connectivity index (χ0v) is 10.4. The molecule has 1 N–H and O–H groups in total. The van der Waals surface area contributed by atoms with E-state index in [1.165, 1.54) is 0 Å². The molecule has 17 heavy (non-hydrogen) atoms. The lowest BCUT2D eigenvalue weighted by Gasteiger charge is -2.24. The molecule has 0 fully saturated rings. The molecule has 0 amide bonds. The fourth-order valence-corrected chi connectivity index (χ4v) is 1.47. The highest BCUT2D eigenvalue weighted by atomic mass is 35.5. The van der Waals surface area contributed by atoms with Gasteiger partial charge in [-0.2, -0.15) is 13.2 Å². The Balaban J connectivity index is 4.32. The van der Waals surface area contributed by atoms with E-state index in [4.69, 9.17) is 11.6 Å². The summed E-state index contributed by atoms with van der Waals surface area (Å²) in [4.78, 5) is 12.1. The molecule has 0 aliphatic heterocycles. The minimum atomic E-state index is -4.32. The number of nitrogens with zero attached hydrogens (tertiary/aromatic N) is 1. The van der Waals surface area contributed by atoms with Crippen molar-refractivity contribution in [2.45, 2.75) is 11.6 Å². The number of alkyl halides is 4. The third-order valence-corrected chi connectivity index (χ3v) is 2.27. The van der Waals surface area contributed by atoms with Crippen LogP contribution < -0.4 is 5.32 Å². The van der Waals surface area contributed by atoms with Crippen LogP contribution in [0.2, 0.25) is 0 Å². The number of carbonyl (C=O) groups is 1. The average molecular weight is 277 g/mol. The minimum absolute atomic E-state index is 0.149. The zero-order chi connectivity index (χ0) is 13.5. The van der Waals surface area contributed by atoms with Crippen LogP contribution in [-0.2, 0) is 9.53 Å². The summed E-state index contributed by atoms with van der Waals surface area (Å²) in [5.41, 5.74) is 0. The molecule has 102 valence electrons. The van der Waals surface area contributed by atoms with Gasteiger partial charge in [-0.1, -0.05) is 0 Å². The lowest BCUT2D eigenvalue weighted by Crippen LogP contribution is -2.43. The van der Waals surface area contributed by atoms with Crippen molar-refractivity contribution in [2.24, 2.45) is 0 Å². The maximum atomic E-state index is 12.2. The van der Waals surface area contributed by atoms with Gasteiger partial charge in [-0.3, -0.25) is 9.69 Å². The summed E-state index contributed by atoms with van der Waals surface area (Å²) in [6.45, 7) is -0.776. The van der Waals surface area contributed by atoms with Crippen molar-refractivity contribution in [3.8, 4) is 0 Å². The molecule has 0 radical (unpaired) electrons. The average Bonchev–Trinajstić information content (AvgIpc) is 2.22. The fraction of sp³-hybridized carbons (Fsp3) is 0.889. The van der Waals surface area contributed by atoms with E-state index in [-0.39, 0.29) is 13.1 Å². The lowest BCUT2D eigenvalue weighted by molar-refractivity contribution is -0.150. The van der Waals surface area contributed by atoms with Crippen molar-refractivity contribution in [1.82, 2.24) is 10.2 Å². The van der Waals surface area contributed by atoms with E-state index in [1.54, 1.807) is 7.05 Å². The molecule has 8 heteroatoms. The second kappa shape index (κ2) is 7.73. The number of hydrogen-bond acceptors (Lipinski definition) is 4. The molecule has 1 atom stereocenters. The Morgan fingerprint density at radius 1 is 1.53 bits per heavy atom. The number of nitrogens with one attached hydrogen (secondary N) is 1. The van der Waals surface area contributed by atoms with Crippen LogP contribution in [0.3, 0.4) is 0 Å². The van der Waals surface area contributed by atoms with Gasteiger partial charge < -0.3 is 10.1 Å². The zero-order valence-electron chi connectivity index (χ0n) is 9.68. The van der Waals surface area contributed by atoms with Gasteiger partial charge in [0.15, 0.2) is 0 Å². The molecule has 0 spiro atoms. The highest BCUT2D eigenvalue weighted by molar-refractivity contribution is 6.30. The van der Waals surface area contributed by atoms with Crippen molar-refractivity contribution in [3.63, 3.8) is 0 Å². The van der Waals surface area contributed by atoms with Crippen LogP contribution in [-0.4, -0.2) is 62.8 Å². The van der Waals surface area contributed by atoms with Crippen molar-refractivity contribution in [2.75, 3.05) is 40.3 Å². The largest absolute Gasteiger partial charge is 0.468 e. The molecule has 0 saturated carbocycles. The standard InChI is InChI=1S/C9H16ClF3N2O2/c1-14-3-4-15(6-9(11,12)13)5-7(10)8(16)17-2/h7,14H,3-6H2,1-2H3. The van der Waals surface area contributed by atoms with Gasteiger partial charge in [0.05, 0.1) is 13.7 Å². The molecule has 0 saturated heterocycles. The number of likely N-dealkylation sites (N-methyl/N-ethyl adjacent to an activating group) is 1. The van der Waals surface area contributed by atoms with Crippen molar-refractivity contribution in [1.29, 1.82) is 0 Å². The van der Waals surface area contributed by atoms with E-state index in [0.717, 1.165) is 12.0 Å². The summed E-state index contributed by atoms with van der Waals surface area (Å²) < 4.78 is 41.1. The molecule has 0 aliphatic rings. The Kier molecular flexibility index (Phi) is 7.49. The van der Waals surface area contributed by atoms with Gasteiger partial charge in [-0.15, -0.1) is 11.6 Å². The van der Waals surface area contributed by atoms with Crippen LogP contribution in [0.15, 0.2) is 0 Å². The minimum Gasteiger partial charge on any atom is -0.468 e. The van der Waals surface area contributed by atoms with Gasteiger partial charge in [0.2, 0.25) is 0 Å². The second-order valence-corrected chi connectivity index (χ2v) is 3.97. The van der Waals surface area contributed by atoms with Gasteiger partial charge in [0, 0.05) is 19.6 Å². The number of hydrogen-bond donors (Lipinski definition) is 1. The summed E-state index contributed by atoms with van der Waals surface area (Å²) in [6.07, 6.45) is -4.32. The van der Waals surface area contributed by atoms with Crippen LogP contribution in [0.5, 0.6) is 0 Å². The van der Waals surface area contributed by atoms with Gasteiger partial charge in [-0.05, 0) is 7.05 Å². The van der Waals surface area contributed by atoms with E-state index < -0.39 is 24.1 Å². The lowest BCUT2D eigenvalue weighted by atomic mass is 10.3. The molecule has 0 aliphatic carbocycles. The Morgan fingerprint density at radius 3 is 2.53 bits per heavy atom. The summed E-state index contributed by atoms with van der Waals surface area (Å²) in [5, 5.41) is 1.63. The Morgan fingerprint density at radius 2 is 2.12 bits per heavy atom. The molecule has 0 aromatic heterocycles. The van der Waals surface area contributed by atoms with Crippen molar-refractivity contribution < 1.29 is 22.7 Å². The first-order valence-corrected chi connectivity index (χ1v) is 5.39. The quantitative estimate of drug-likeness (QED) is 0.553. The highest BCUT2D eigenvalue weighted by Gasteiger charge is 2.32. The maximum absolute atomic E-state index is 12.2. The van der Waals surface area contributed by atoms with Crippen LogP contribution >= 0.6 is 11.6 Å². The number of esters is 1. The Hall–Kier alpha value is -0.530. The maximum Gasteiger partial charge on any atom is 0.401 e. The normalized spacial score (nSPS) is 13.8. The summed E-state index contributed by atoms with van der Waals surface area (Å²) in [6, 6.07) is 0. The first kappa shape index (κ1) is 16.5. The second-order valence-electron chi connectivity index (χ2n) is 3.44. The third-order valence-electron chi connectivity index (χ3n) is 1.96. The van der Waals surface area contributed by atoms with E-state index in [0.29, 0.717) is 6.54 Å². The number of ether oxygens (including phenoxy) is 1. The van der Waals surface area contributed by atoms with Gasteiger partial charge in [-0.25, -0.2) is 0 Å². The summed E-state index contributed by atoms with van der Waals surface area (Å²) in [7, 11) is 2.77. The highest BCUT2D eigenvalue weighted by Crippen LogP contribution is 2.17. The van der Waals surface area contributed by atoms with E-state index in [2.05, 4.69) is 10.1 Å². The predicted octanol–water partition coefficient (Wildman–Crippen LogP) is 0.850. The SMILES string of the molecule is CNCCN(CC(Cl)C(=O)OC)CC(F)(F)F. The molecule has 0 rings (SSSR count). The van der Waals surface area contributed by atoms with E-state index >= 15 is 0 Å². The van der Waals surface area contributed by atoms with E-state index in [9.17, 15) is 18.0 Å². The van der Waals surface area contributed by atoms with E-state index in [1.807, 2.05) is 0 Å². The van der Waals surface area contributed by atoms with Crippen LogP contribution in [0, 0.1) is 0 Å². The molecule has 0 aromatic carbocycles. The molecule has 4 nitrogen and oxygen atoms in total. The van der Waals surface area contributed by atoms with Crippen molar-refractivity contribution in [3.05, 3.63) is 0 Å². The van der Waals surface area contributed by atoms with Crippen LogP contribution in [0.4, 0.5) is 13.2 Å². The van der Waals surface area contributed by atoms with Crippen LogP contribution in [0.1, 0.15) is 0 Å². The van der Waals surface area contributed by atoms with Gasteiger partial charge >= 0.3 is 12.1 Å². The number of carbonyl (C=O) groups excluding carboxylic acids is 1. The Bertz CT molecular complexity index is 239. The molecule has 0 aromatic rings. The number of rotatable bonds is 7. The molecule has 0 bridgehead atoms. The number of halogens is 4. The van der Waals surface area contributed by atoms with Crippen molar-refractivity contribution >= 4 is 17.6 Å². The number of methoxy groups -OCH3 is 1. The van der Waals surface area contributed by atoms with Gasteiger partial charge in [0.25, 0.3) is 0 Å². The molecule has 1 unspecified atom stereocenters. The fourth-order valence-electron chi connectivity index (χ4n) is 1.19. The van der Waals surface area contributed by atoms with Gasteiger partial charge in [0.1, 0.15) is 5.38 Å². The molecular weight excluding hydrogens is 261 g/mol. The third kappa shape index (κ3) is 8.23. The summed E-state index contributed by atoms with van der Waals surface area (Å²) in [5.74, 6) is -0.733. The predicted molar refractivity (Wildman–Crippen MR) is 58.1 cm³/mol. The summed E-state index contributed by atoms with van der Waals surface area (Å²) >= 11 is 5.63. The topological polar surface area (TPSA) is 41.6 Å².